The lowest BCUT2D eigenvalue weighted by Gasteiger charge is -2.18. The number of carbonyl (C=O) groups is 1. The summed E-state index contributed by atoms with van der Waals surface area (Å²) in [7, 11) is -0.940. The fourth-order valence-corrected chi connectivity index (χ4v) is 3.71. The number of nitrogens with one attached hydrogen (secondary N) is 1. The third kappa shape index (κ3) is 7.71. The van der Waals surface area contributed by atoms with E-state index in [1.54, 1.807) is 6.20 Å². The smallest absolute Gasteiger partial charge is 0.413 e. The first-order valence-corrected chi connectivity index (χ1v) is 9.00. The van der Waals surface area contributed by atoms with Crippen LogP contribution < -0.4 is 5.32 Å². The van der Waals surface area contributed by atoms with Crippen molar-refractivity contribution in [1.29, 1.82) is 0 Å². The maximum Gasteiger partial charge on any atom is 0.413 e. The topological polar surface area (TPSA) is 69.7 Å². The number of amides is 1. The van der Waals surface area contributed by atoms with Crippen LogP contribution in [0.4, 0.5) is 9.93 Å². The van der Waals surface area contributed by atoms with E-state index in [1.165, 1.54) is 11.3 Å². The molecule has 0 aliphatic rings. The molecular weight excluding hydrogens is 311 g/mol. The Hall–Kier alpha value is -0.750. The first kappa shape index (κ1) is 18.3. The van der Waals surface area contributed by atoms with Crippen molar-refractivity contribution in [2.75, 3.05) is 18.5 Å². The lowest BCUT2D eigenvalue weighted by molar-refractivity contribution is 0.0636. The Balaban J connectivity index is 2.54. The normalized spacial score (nSPS) is 11.7. The van der Waals surface area contributed by atoms with Gasteiger partial charge >= 0.3 is 6.09 Å². The molecule has 0 bridgehead atoms. The van der Waals surface area contributed by atoms with Gasteiger partial charge in [-0.15, -0.1) is 11.3 Å². The van der Waals surface area contributed by atoms with Crippen LogP contribution in [0.1, 0.15) is 39.5 Å². The lowest BCUT2D eigenvalue weighted by Crippen LogP contribution is -2.27. The third-order valence-corrected chi connectivity index (χ3v) is 4.81. The minimum Gasteiger partial charge on any atom is -0.444 e. The monoisotopic (exact) mass is 334 g/mol. The summed E-state index contributed by atoms with van der Waals surface area (Å²) in [5.74, 6) is 0. The molecule has 8 heteroatoms. The predicted molar refractivity (Wildman–Crippen MR) is 85.8 cm³/mol. The van der Waals surface area contributed by atoms with Gasteiger partial charge < -0.3 is 13.8 Å². The number of ether oxygens (including phenoxy) is 1. The van der Waals surface area contributed by atoms with E-state index in [9.17, 15) is 4.79 Å². The molecule has 21 heavy (non-hydrogen) atoms. The summed E-state index contributed by atoms with van der Waals surface area (Å²) in [6.45, 7) is 10.6. The molecular formula is C13H23N2O4PS. The Morgan fingerprint density at radius 1 is 1.33 bits per heavy atom. The Morgan fingerprint density at radius 2 is 1.95 bits per heavy atom. The van der Waals surface area contributed by atoms with Gasteiger partial charge in [0.05, 0.1) is 19.4 Å². The van der Waals surface area contributed by atoms with Crippen molar-refractivity contribution in [1.82, 2.24) is 4.98 Å². The van der Waals surface area contributed by atoms with E-state index in [2.05, 4.69) is 10.3 Å². The Labute approximate surface area is 131 Å². The molecule has 1 N–H and O–H groups in total. The number of thiazole rings is 1. The van der Waals surface area contributed by atoms with E-state index in [-0.39, 0.29) is 0 Å². The molecule has 6 nitrogen and oxygen atoms in total. The standard InChI is InChI=1S/C13H23N2O4PS/c1-6-17-20(18-7-2)9-10-8-14-11(21-10)15-12(16)19-13(3,4)5/h8H,6-7,9H2,1-5H3,(H,14,15,16). The van der Waals surface area contributed by atoms with E-state index < -0.39 is 20.1 Å². The molecule has 1 aromatic heterocycles. The highest BCUT2D eigenvalue weighted by atomic mass is 32.1. The number of hydrogen-bond acceptors (Lipinski definition) is 6. The Bertz CT molecular complexity index is 442. The average Bonchev–Trinajstić information content (AvgIpc) is 2.74. The van der Waals surface area contributed by atoms with Crippen LogP contribution in [-0.2, 0) is 19.9 Å². The number of anilines is 1. The van der Waals surface area contributed by atoms with Crippen LogP contribution in [0, 0.1) is 0 Å². The molecule has 0 saturated heterocycles. The van der Waals surface area contributed by atoms with Crippen molar-refractivity contribution in [3.63, 3.8) is 0 Å². The largest absolute Gasteiger partial charge is 0.444 e. The number of carbonyl (C=O) groups excluding carboxylic acids is 1. The quantitative estimate of drug-likeness (QED) is 0.750. The van der Waals surface area contributed by atoms with Crippen molar-refractivity contribution in [3.05, 3.63) is 11.1 Å². The van der Waals surface area contributed by atoms with Crippen molar-refractivity contribution in [2.45, 2.75) is 46.4 Å². The minimum absolute atomic E-state index is 0.500. The molecule has 1 rings (SSSR count). The number of nitrogens with zero attached hydrogens (tertiary/aromatic N) is 1. The van der Waals surface area contributed by atoms with Crippen molar-refractivity contribution in [3.8, 4) is 0 Å². The molecule has 120 valence electrons. The summed E-state index contributed by atoms with van der Waals surface area (Å²) < 4.78 is 16.3. The van der Waals surface area contributed by atoms with Crippen LogP contribution in [0.5, 0.6) is 0 Å². The molecule has 1 heterocycles. The average molecular weight is 334 g/mol. The molecule has 0 fully saturated rings. The van der Waals surface area contributed by atoms with E-state index in [1.807, 2.05) is 34.6 Å². The van der Waals surface area contributed by atoms with Gasteiger partial charge in [-0.2, -0.15) is 0 Å². The third-order valence-electron chi connectivity index (χ3n) is 1.99. The molecule has 1 aromatic rings. The highest BCUT2D eigenvalue weighted by Gasteiger charge is 2.18. The molecule has 0 unspecified atom stereocenters. The van der Waals surface area contributed by atoms with E-state index in [4.69, 9.17) is 13.8 Å². The van der Waals surface area contributed by atoms with Crippen molar-refractivity contribution < 1.29 is 18.6 Å². The summed E-state index contributed by atoms with van der Waals surface area (Å²) in [6.07, 6.45) is 1.90. The molecule has 0 saturated carbocycles. The second-order valence-corrected chi connectivity index (χ2v) is 7.70. The maximum atomic E-state index is 11.7. The Kier molecular flexibility index (Phi) is 7.52. The number of hydrogen-bond donors (Lipinski definition) is 1. The number of rotatable bonds is 7. The molecule has 0 radical (unpaired) electrons. The summed E-state index contributed by atoms with van der Waals surface area (Å²) >= 11 is 1.40. The van der Waals surface area contributed by atoms with Gasteiger partial charge in [0.15, 0.2) is 13.5 Å². The zero-order valence-corrected chi connectivity index (χ0v) is 14.8. The lowest BCUT2D eigenvalue weighted by atomic mass is 10.2. The Morgan fingerprint density at radius 3 is 2.48 bits per heavy atom. The first-order valence-electron chi connectivity index (χ1n) is 6.82. The van der Waals surface area contributed by atoms with E-state index >= 15 is 0 Å². The van der Waals surface area contributed by atoms with Crippen LogP contribution in [0.25, 0.3) is 0 Å². The molecule has 0 spiro atoms. The number of aromatic nitrogens is 1. The summed E-state index contributed by atoms with van der Waals surface area (Å²) in [5, 5.41) is 3.14. The highest BCUT2D eigenvalue weighted by Crippen LogP contribution is 2.43. The van der Waals surface area contributed by atoms with Gasteiger partial charge in [0, 0.05) is 11.1 Å². The van der Waals surface area contributed by atoms with E-state index in [0.29, 0.717) is 24.5 Å². The first-order chi connectivity index (χ1) is 9.84. The molecule has 0 aliphatic carbocycles. The van der Waals surface area contributed by atoms with Crippen LogP contribution in [0.3, 0.4) is 0 Å². The molecule has 0 aliphatic heterocycles. The minimum atomic E-state index is -0.940. The van der Waals surface area contributed by atoms with Crippen molar-refractivity contribution in [2.24, 2.45) is 0 Å². The zero-order valence-electron chi connectivity index (χ0n) is 13.1. The summed E-state index contributed by atoms with van der Waals surface area (Å²) in [5.41, 5.74) is -0.525. The maximum absolute atomic E-state index is 11.7. The second kappa shape index (κ2) is 8.63. The highest BCUT2D eigenvalue weighted by molar-refractivity contribution is 7.46. The predicted octanol–water partition coefficient (Wildman–Crippen LogP) is 4.38. The van der Waals surface area contributed by atoms with Gasteiger partial charge in [0.25, 0.3) is 0 Å². The summed E-state index contributed by atoms with van der Waals surface area (Å²) in [4.78, 5) is 16.8. The SMILES string of the molecule is CCOP(Cc1cnc(NC(=O)OC(C)(C)C)s1)OCC. The summed E-state index contributed by atoms with van der Waals surface area (Å²) in [6, 6.07) is 0. The van der Waals surface area contributed by atoms with Gasteiger partial charge in [-0.05, 0) is 34.6 Å². The van der Waals surface area contributed by atoms with E-state index in [0.717, 1.165) is 4.88 Å². The van der Waals surface area contributed by atoms with Crippen LogP contribution >= 0.6 is 19.7 Å². The van der Waals surface area contributed by atoms with Gasteiger partial charge in [0.2, 0.25) is 0 Å². The van der Waals surface area contributed by atoms with Crippen LogP contribution in [-0.4, -0.2) is 29.9 Å². The van der Waals surface area contributed by atoms with Gasteiger partial charge in [-0.3, -0.25) is 5.32 Å². The molecule has 0 atom stereocenters. The molecule has 1 amide bonds. The van der Waals surface area contributed by atoms with Gasteiger partial charge in [-0.25, -0.2) is 9.78 Å². The van der Waals surface area contributed by atoms with Crippen LogP contribution in [0.15, 0.2) is 6.20 Å². The fourth-order valence-electron chi connectivity index (χ4n) is 1.37. The van der Waals surface area contributed by atoms with Crippen molar-refractivity contribution >= 4 is 30.9 Å². The van der Waals surface area contributed by atoms with Gasteiger partial charge in [-0.1, -0.05) is 0 Å². The molecule has 0 aromatic carbocycles. The zero-order chi connectivity index (χ0) is 15.9. The fraction of sp³-hybridized carbons (Fsp3) is 0.692. The second-order valence-electron chi connectivity index (χ2n) is 5.09. The van der Waals surface area contributed by atoms with Gasteiger partial charge in [0.1, 0.15) is 5.60 Å². The van der Waals surface area contributed by atoms with Crippen LogP contribution in [0.2, 0.25) is 0 Å².